The van der Waals surface area contributed by atoms with Crippen LogP contribution in [-0.4, -0.2) is 12.6 Å². The maximum atomic E-state index is 11.0. The monoisotopic (exact) mass is 190 g/mol. The Kier molecular flexibility index (Phi) is 2.15. The molecular weight excluding hydrogens is 176 g/mol. The molecule has 14 heavy (non-hydrogen) atoms. The summed E-state index contributed by atoms with van der Waals surface area (Å²) >= 11 is 0. The van der Waals surface area contributed by atoms with Crippen LogP contribution in [0, 0.1) is 13.8 Å². The number of rotatable bonds is 1. The summed E-state index contributed by atoms with van der Waals surface area (Å²) in [5.74, 6) is 0. The van der Waals surface area contributed by atoms with Crippen molar-refractivity contribution in [1.29, 1.82) is 0 Å². The van der Waals surface area contributed by atoms with Gasteiger partial charge in [0.1, 0.15) is 0 Å². The van der Waals surface area contributed by atoms with E-state index in [9.17, 15) is 4.79 Å². The van der Waals surface area contributed by atoms with Crippen LogP contribution in [0.2, 0.25) is 0 Å². The van der Waals surface area contributed by atoms with Gasteiger partial charge < -0.3 is 10.6 Å². The summed E-state index contributed by atoms with van der Waals surface area (Å²) < 4.78 is 0. The molecule has 2 N–H and O–H groups in total. The second kappa shape index (κ2) is 3.33. The lowest BCUT2D eigenvalue weighted by atomic mass is 10.0. The van der Waals surface area contributed by atoms with Crippen molar-refractivity contribution in [2.24, 2.45) is 0 Å². The summed E-state index contributed by atoms with van der Waals surface area (Å²) in [6, 6.07) is 6.35. The molecule has 1 aromatic rings. The van der Waals surface area contributed by atoms with Gasteiger partial charge in [0, 0.05) is 6.54 Å². The number of carbonyl (C=O) groups is 1. The molecule has 1 saturated heterocycles. The van der Waals surface area contributed by atoms with Crippen molar-refractivity contribution in [1.82, 2.24) is 10.6 Å². The van der Waals surface area contributed by atoms with Crippen molar-refractivity contribution < 1.29 is 4.79 Å². The zero-order chi connectivity index (χ0) is 10.1. The molecule has 3 nitrogen and oxygen atoms in total. The van der Waals surface area contributed by atoms with Gasteiger partial charge >= 0.3 is 6.03 Å². The van der Waals surface area contributed by atoms with Gasteiger partial charge in [-0.25, -0.2) is 4.79 Å². The van der Waals surface area contributed by atoms with Gasteiger partial charge in [-0.05, 0) is 30.5 Å². The quantitative estimate of drug-likeness (QED) is 0.694. The molecule has 0 bridgehead atoms. The molecule has 0 aromatic heterocycles. The lowest BCUT2D eigenvalue weighted by Crippen LogP contribution is -2.21. The Labute approximate surface area is 83.5 Å². The smallest absolute Gasteiger partial charge is 0.315 e. The standard InChI is InChI=1S/C11H14N2O/c1-7-3-4-9(5-8(7)2)10-6-12-11(14)13-10/h3-5,10H,6H2,1-2H3,(H2,12,13,14)/t10-/m1/s1. The van der Waals surface area contributed by atoms with Gasteiger partial charge in [-0.15, -0.1) is 0 Å². The summed E-state index contributed by atoms with van der Waals surface area (Å²) in [6.45, 7) is 4.86. The van der Waals surface area contributed by atoms with E-state index >= 15 is 0 Å². The summed E-state index contributed by atoms with van der Waals surface area (Å²) in [4.78, 5) is 11.0. The molecule has 1 atom stereocenters. The van der Waals surface area contributed by atoms with Gasteiger partial charge in [0.15, 0.2) is 0 Å². The zero-order valence-electron chi connectivity index (χ0n) is 8.42. The van der Waals surface area contributed by atoms with E-state index in [1.165, 1.54) is 16.7 Å². The number of hydrogen-bond donors (Lipinski definition) is 2. The summed E-state index contributed by atoms with van der Waals surface area (Å²) in [7, 11) is 0. The molecule has 0 saturated carbocycles. The highest BCUT2D eigenvalue weighted by atomic mass is 16.2. The van der Waals surface area contributed by atoms with E-state index in [0.29, 0.717) is 6.54 Å². The van der Waals surface area contributed by atoms with Crippen molar-refractivity contribution in [2.45, 2.75) is 19.9 Å². The van der Waals surface area contributed by atoms with Crippen LogP contribution in [-0.2, 0) is 0 Å². The minimum atomic E-state index is -0.0757. The lowest BCUT2D eigenvalue weighted by molar-refractivity contribution is 0.247. The molecule has 1 aliphatic heterocycles. The second-order valence-corrected chi connectivity index (χ2v) is 3.75. The largest absolute Gasteiger partial charge is 0.336 e. The van der Waals surface area contributed by atoms with Crippen LogP contribution in [0.15, 0.2) is 18.2 Å². The van der Waals surface area contributed by atoms with Crippen molar-refractivity contribution in [2.75, 3.05) is 6.54 Å². The van der Waals surface area contributed by atoms with E-state index in [4.69, 9.17) is 0 Å². The van der Waals surface area contributed by atoms with Crippen molar-refractivity contribution in [3.63, 3.8) is 0 Å². The van der Waals surface area contributed by atoms with Crippen LogP contribution in [0.5, 0.6) is 0 Å². The predicted molar refractivity (Wildman–Crippen MR) is 55.2 cm³/mol. The van der Waals surface area contributed by atoms with Gasteiger partial charge in [0.2, 0.25) is 0 Å². The number of benzene rings is 1. The first-order chi connectivity index (χ1) is 6.66. The first-order valence-corrected chi connectivity index (χ1v) is 4.78. The van der Waals surface area contributed by atoms with E-state index in [1.807, 2.05) is 0 Å². The fraction of sp³-hybridized carbons (Fsp3) is 0.364. The minimum absolute atomic E-state index is 0.0757. The van der Waals surface area contributed by atoms with E-state index in [1.54, 1.807) is 0 Å². The normalized spacial score (nSPS) is 20.4. The van der Waals surface area contributed by atoms with Crippen LogP contribution in [0.4, 0.5) is 4.79 Å². The molecular formula is C11H14N2O. The van der Waals surface area contributed by atoms with Crippen LogP contribution in [0.25, 0.3) is 0 Å². The molecule has 2 rings (SSSR count). The highest BCUT2D eigenvalue weighted by molar-refractivity contribution is 5.76. The first kappa shape index (κ1) is 9.06. The van der Waals surface area contributed by atoms with Gasteiger partial charge in [0.25, 0.3) is 0 Å². The van der Waals surface area contributed by atoms with Gasteiger partial charge in [-0.3, -0.25) is 0 Å². The fourth-order valence-electron chi connectivity index (χ4n) is 1.64. The molecule has 74 valence electrons. The average molecular weight is 190 g/mol. The maximum Gasteiger partial charge on any atom is 0.315 e. The minimum Gasteiger partial charge on any atom is -0.336 e. The predicted octanol–water partition coefficient (Wildman–Crippen LogP) is 1.66. The van der Waals surface area contributed by atoms with E-state index in [0.717, 1.165) is 0 Å². The van der Waals surface area contributed by atoms with Gasteiger partial charge in [0.05, 0.1) is 6.04 Å². The molecule has 2 amide bonds. The molecule has 0 aliphatic carbocycles. The lowest BCUT2D eigenvalue weighted by Gasteiger charge is -2.10. The van der Waals surface area contributed by atoms with Crippen molar-refractivity contribution >= 4 is 6.03 Å². The van der Waals surface area contributed by atoms with Crippen molar-refractivity contribution in [3.8, 4) is 0 Å². The SMILES string of the molecule is Cc1ccc([C@H]2CNC(=O)N2)cc1C. The maximum absolute atomic E-state index is 11.0. The fourth-order valence-corrected chi connectivity index (χ4v) is 1.64. The molecule has 0 spiro atoms. The third-order valence-electron chi connectivity index (χ3n) is 2.71. The molecule has 1 aliphatic rings. The Morgan fingerprint density at radius 2 is 2.07 bits per heavy atom. The number of urea groups is 1. The Hall–Kier alpha value is -1.51. The summed E-state index contributed by atoms with van der Waals surface area (Å²) in [5.41, 5.74) is 3.72. The Morgan fingerprint density at radius 1 is 1.29 bits per heavy atom. The van der Waals surface area contributed by atoms with Gasteiger partial charge in [-0.2, -0.15) is 0 Å². The van der Waals surface area contributed by atoms with E-state index < -0.39 is 0 Å². The third kappa shape index (κ3) is 1.58. The summed E-state index contributed by atoms with van der Waals surface area (Å²) in [5, 5.41) is 5.62. The van der Waals surface area contributed by atoms with Gasteiger partial charge in [-0.1, -0.05) is 18.2 Å². The van der Waals surface area contributed by atoms with E-state index in [-0.39, 0.29) is 12.1 Å². The van der Waals surface area contributed by atoms with Crippen LogP contribution < -0.4 is 10.6 Å². The zero-order valence-corrected chi connectivity index (χ0v) is 8.42. The highest BCUT2D eigenvalue weighted by Crippen LogP contribution is 2.18. The highest BCUT2D eigenvalue weighted by Gasteiger charge is 2.21. The molecule has 1 heterocycles. The number of hydrogen-bond acceptors (Lipinski definition) is 1. The average Bonchev–Trinajstić information content (AvgIpc) is 2.57. The third-order valence-corrected chi connectivity index (χ3v) is 2.71. The van der Waals surface area contributed by atoms with Crippen LogP contribution in [0.3, 0.4) is 0 Å². The molecule has 1 aromatic carbocycles. The molecule has 3 heteroatoms. The topological polar surface area (TPSA) is 41.1 Å². The molecule has 0 radical (unpaired) electrons. The molecule has 1 fully saturated rings. The van der Waals surface area contributed by atoms with Crippen LogP contribution in [0.1, 0.15) is 22.7 Å². The van der Waals surface area contributed by atoms with Crippen LogP contribution >= 0.6 is 0 Å². The van der Waals surface area contributed by atoms with Crippen molar-refractivity contribution in [3.05, 3.63) is 34.9 Å². The Balaban J connectivity index is 2.24. The van der Waals surface area contributed by atoms with E-state index in [2.05, 4.69) is 42.7 Å². The first-order valence-electron chi connectivity index (χ1n) is 4.78. The number of aryl methyl sites for hydroxylation is 2. The second-order valence-electron chi connectivity index (χ2n) is 3.75. The Bertz CT molecular complexity index is 374. The number of carbonyl (C=O) groups excluding carboxylic acids is 1. The Morgan fingerprint density at radius 3 is 2.64 bits per heavy atom. The molecule has 0 unspecified atom stereocenters. The number of amides is 2. The number of nitrogens with one attached hydrogen (secondary N) is 2. The summed E-state index contributed by atoms with van der Waals surface area (Å²) in [6.07, 6.45) is 0.